The summed E-state index contributed by atoms with van der Waals surface area (Å²) >= 11 is 13.7. The summed E-state index contributed by atoms with van der Waals surface area (Å²) in [5.74, 6) is 1.34. The van der Waals surface area contributed by atoms with Crippen molar-refractivity contribution in [2.24, 2.45) is 0 Å². The molecule has 0 radical (unpaired) electrons. The summed E-state index contributed by atoms with van der Waals surface area (Å²) in [6, 6.07) is 8.04. The molecule has 2 heterocycles. The van der Waals surface area contributed by atoms with Crippen molar-refractivity contribution in [2.45, 2.75) is 19.5 Å². The van der Waals surface area contributed by atoms with E-state index in [1.807, 2.05) is 24.3 Å². The van der Waals surface area contributed by atoms with Gasteiger partial charge in [0.25, 0.3) is 0 Å². The summed E-state index contributed by atoms with van der Waals surface area (Å²) in [7, 11) is 0. The minimum atomic E-state index is 0.232. The van der Waals surface area contributed by atoms with E-state index in [9.17, 15) is 0 Å². The minimum Gasteiger partial charge on any atom is -0.454 e. The zero-order chi connectivity index (χ0) is 14.1. The average Bonchev–Trinajstić information content (AvgIpc) is 3.04. The molecule has 20 heavy (non-hydrogen) atoms. The van der Waals surface area contributed by atoms with E-state index in [0.717, 1.165) is 9.90 Å². The first-order chi connectivity index (χ1) is 9.63. The van der Waals surface area contributed by atoms with Gasteiger partial charge in [-0.1, -0.05) is 23.2 Å². The van der Waals surface area contributed by atoms with Crippen molar-refractivity contribution in [2.75, 3.05) is 6.79 Å². The van der Waals surface area contributed by atoms with Crippen LogP contribution < -0.4 is 14.8 Å². The van der Waals surface area contributed by atoms with E-state index < -0.39 is 0 Å². The number of rotatable bonds is 4. The van der Waals surface area contributed by atoms with Crippen molar-refractivity contribution in [1.29, 1.82) is 0 Å². The normalized spacial score (nSPS) is 14.6. The number of fused-ring (bicyclic) bond motifs is 1. The van der Waals surface area contributed by atoms with Gasteiger partial charge in [-0.2, -0.15) is 0 Å². The largest absolute Gasteiger partial charge is 0.454 e. The highest BCUT2D eigenvalue weighted by Crippen LogP contribution is 2.39. The Morgan fingerprint density at radius 2 is 2.15 bits per heavy atom. The first-order valence-corrected chi connectivity index (χ1v) is 7.77. The molecule has 0 saturated heterocycles. The predicted molar refractivity (Wildman–Crippen MR) is 82.2 cm³/mol. The molecule has 3 rings (SSSR count). The van der Waals surface area contributed by atoms with Gasteiger partial charge in [-0.05, 0) is 36.8 Å². The van der Waals surface area contributed by atoms with E-state index >= 15 is 0 Å². The molecule has 6 heteroatoms. The number of hydrogen-bond donors (Lipinski definition) is 1. The Morgan fingerprint density at radius 3 is 2.90 bits per heavy atom. The zero-order valence-corrected chi connectivity index (χ0v) is 13.1. The molecule has 1 aromatic heterocycles. The van der Waals surface area contributed by atoms with Crippen LogP contribution in [0.3, 0.4) is 0 Å². The van der Waals surface area contributed by atoms with Crippen molar-refractivity contribution in [3.05, 3.63) is 44.1 Å². The van der Waals surface area contributed by atoms with E-state index in [4.69, 9.17) is 32.7 Å². The molecule has 1 unspecified atom stereocenters. The van der Waals surface area contributed by atoms with E-state index in [-0.39, 0.29) is 12.8 Å². The second-order valence-corrected chi connectivity index (χ2v) is 6.71. The summed E-state index contributed by atoms with van der Waals surface area (Å²) in [5.41, 5.74) is 1.06. The Hall–Kier alpha value is -0.940. The number of benzene rings is 1. The summed E-state index contributed by atoms with van der Waals surface area (Å²) in [6.45, 7) is 3.04. The molecule has 3 nitrogen and oxygen atoms in total. The SMILES string of the molecule is CC(NCc1cc(Cl)c2c(c1)OCO2)c1ccc(Cl)s1. The minimum absolute atomic E-state index is 0.232. The Bertz CT molecular complexity index is 630. The van der Waals surface area contributed by atoms with Crippen molar-refractivity contribution >= 4 is 34.5 Å². The van der Waals surface area contributed by atoms with Crippen molar-refractivity contribution in [1.82, 2.24) is 5.32 Å². The van der Waals surface area contributed by atoms with Gasteiger partial charge in [0.2, 0.25) is 6.79 Å². The second kappa shape index (κ2) is 5.82. The molecule has 0 saturated carbocycles. The molecule has 106 valence electrons. The first kappa shape index (κ1) is 14.0. The quantitative estimate of drug-likeness (QED) is 0.886. The summed E-state index contributed by atoms with van der Waals surface area (Å²) < 4.78 is 11.5. The van der Waals surface area contributed by atoms with Gasteiger partial charge in [0.1, 0.15) is 0 Å². The van der Waals surface area contributed by atoms with Gasteiger partial charge in [-0.15, -0.1) is 11.3 Å². The van der Waals surface area contributed by atoms with Crippen LogP contribution in [0.1, 0.15) is 23.4 Å². The van der Waals surface area contributed by atoms with Gasteiger partial charge in [0.05, 0.1) is 9.36 Å². The summed E-state index contributed by atoms with van der Waals surface area (Å²) in [6.07, 6.45) is 0. The number of hydrogen-bond acceptors (Lipinski definition) is 4. The van der Waals surface area contributed by atoms with Gasteiger partial charge < -0.3 is 14.8 Å². The van der Waals surface area contributed by atoms with Crippen molar-refractivity contribution in [3.8, 4) is 11.5 Å². The third kappa shape index (κ3) is 2.88. The molecule has 0 amide bonds. The van der Waals surface area contributed by atoms with Crippen molar-refractivity contribution in [3.63, 3.8) is 0 Å². The smallest absolute Gasteiger partial charge is 0.231 e. The molecule has 2 aromatic rings. The molecule has 0 spiro atoms. The van der Waals surface area contributed by atoms with Gasteiger partial charge in [-0.3, -0.25) is 0 Å². The van der Waals surface area contributed by atoms with Crippen LogP contribution >= 0.6 is 34.5 Å². The fourth-order valence-electron chi connectivity index (χ4n) is 2.06. The highest BCUT2D eigenvalue weighted by molar-refractivity contribution is 7.16. The summed E-state index contributed by atoms with van der Waals surface area (Å²) in [4.78, 5) is 1.21. The van der Waals surface area contributed by atoms with E-state index in [1.165, 1.54) is 4.88 Å². The monoisotopic (exact) mass is 329 g/mol. The lowest BCUT2D eigenvalue weighted by Crippen LogP contribution is -2.17. The number of ether oxygens (including phenoxy) is 2. The number of halogens is 2. The van der Waals surface area contributed by atoms with Crippen LogP contribution in [0.15, 0.2) is 24.3 Å². The zero-order valence-electron chi connectivity index (χ0n) is 10.8. The maximum atomic E-state index is 6.16. The highest BCUT2D eigenvalue weighted by atomic mass is 35.5. The molecule has 1 N–H and O–H groups in total. The Morgan fingerprint density at radius 1 is 1.30 bits per heavy atom. The molecular formula is C14H13Cl2NO2S. The van der Waals surface area contributed by atoms with Crippen LogP contribution in [0.2, 0.25) is 9.36 Å². The first-order valence-electron chi connectivity index (χ1n) is 6.20. The summed E-state index contributed by atoms with van der Waals surface area (Å²) in [5, 5.41) is 4.03. The molecule has 1 aliphatic rings. The third-order valence-corrected chi connectivity index (χ3v) is 4.81. The molecule has 1 aromatic carbocycles. The van der Waals surface area contributed by atoms with Crippen LogP contribution in [0, 0.1) is 0 Å². The third-order valence-electron chi connectivity index (χ3n) is 3.12. The van der Waals surface area contributed by atoms with Crippen LogP contribution in [-0.2, 0) is 6.54 Å². The van der Waals surface area contributed by atoms with Crippen LogP contribution in [-0.4, -0.2) is 6.79 Å². The Kier molecular flexibility index (Phi) is 4.08. The molecule has 1 aliphatic heterocycles. The maximum absolute atomic E-state index is 6.16. The van der Waals surface area contributed by atoms with E-state index in [1.54, 1.807) is 11.3 Å². The molecular weight excluding hydrogens is 317 g/mol. The van der Waals surface area contributed by atoms with Gasteiger partial charge >= 0.3 is 0 Å². The van der Waals surface area contributed by atoms with Gasteiger partial charge in [-0.25, -0.2) is 0 Å². The lowest BCUT2D eigenvalue weighted by molar-refractivity contribution is 0.174. The number of nitrogens with one attached hydrogen (secondary N) is 1. The lowest BCUT2D eigenvalue weighted by atomic mass is 10.2. The van der Waals surface area contributed by atoms with E-state index in [0.29, 0.717) is 23.1 Å². The number of thiophene rings is 1. The highest BCUT2D eigenvalue weighted by Gasteiger charge is 2.18. The van der Waals surface area contributed by atoms with Gasteiger partial charge in [0.15, 0.2) is 11.5 Å². The fourth-order valence-corrected chi connectivity index (χ4v) is 3.43. The van der Waals surface area contributed by atoms with Gasteiger partial charge in [0, 0.05) is 17.5 Å². The van der Waals surface area contributed by atoms with Crippen molar-refractivity contribution < 1.29 is 9.47 Å². The van der Waals surface area contributed by atoms with Crippen LogP contribution in [0.5, 0.6) is 11.5 Å². The Labute approximate surface area is 131 Å². The topological polar surface area (TPSA) is 30.5 Å². The molecule has 1 atom stereocenters. The molecule has 0 aliphatic carbocycles. The predicted octanol–water partition coefficient (Wildman–Crippen LogP) is 4.63. The van der Waals surface area contributed by atoms with Crippen LogP contribution in [0.25, 0.3) is 0 Å². The average molecular weight is 330 g/mol. The maximum Gasteiger partial charge on any atom is 0.231 e. The fraction of sp³-hybridized carbons (Fsp3) is 0.286. The second-order valence-electron chi connectivity index (χ2n) is 4.56. The van der Waals surface area contributed by atoms with E-state index in [2.05, 4.69) is 12.2 Å². The molecule has 0 fully saturated rings. The van der Waals surface area contributed by atoms with Crippen LogP contribution in [0.4, 0.5) is 0 Å². The standard InChI is InChI=1S/C14H13Cl2NO2S/c1-8(12-2-3-13(16)20-12)17-6-9-4-10(15)14-11(5-9)18-7-19-14/h2-5,8,17H,6-7H2,1H3. The lowest BCUT2D eigenvalue weighted by Gasteiger charge is -2.12. The Balaban J connectivity index is 1.68. The molecule has 0 bridgehead atoms.